The fourth-order valence-electron chi connectivity index (χ4n) is 2.17. The quantitative estimate of drug-likeness (QED) is 0.714. The van der Waals surface area contributed by atoms with E-state index in [0.29, 0.717) is 0 Å². The van der Waals surface area contributed by atoms with Crippen LogP contribution in [0.5, 0.6) is 0 Å². The maximum absolute atomic E-state index is 9.30. The molecule has 4 nitrogen and oxygen atoms in total. The van der Waals surface area contributed by atoms with E-state index in [0.717, 1.165) is 26.2 Å². The molecule has 1 heterocycles. The van der Waals surface area contributed by atoms with Gasteiger partial charge in [0.15, 0.2) is 0 Å². The standard InChI is InChI=1S/C12H26N2O2/c1-11(2)7-14(6-5-13(11)4)8-12(3,9-15)10-16/h15-16H,5-10H2,1-4H3. The molecule has 1 saturated heterocycles. The van der Waals surface area contributed by atoms with Gasteiger partial charge in [-0.2, -0.15) is 0 Å². The molecule has 1 aliphatic heterocycles. The summed E-state index contributed by atoms with van der Waals surface area (Å²) in [5.41, 5.74) is -0.212. The summed E-state index contributed by atoms with van der Waals surface area (Å²) < 4.78 is 0. The highest BCUT2D eigenvalue weighted by Crippen LogP contribution is 2.23. The molecule has 4 heteroatoms. The number of aliphatic hydroxyl groups is 2. The molecule has 0 radical (unpaired) electrons. The first-order valence-corrected chi connectivity index (χ1v) is 5.98. The molecule has 0 aromatic carbocycles. The molecule has 0 aliphatic carbocycles. The van der Waals surface area contributed by atoms with Gasteiger partial charge in [0, 0.05) is 37.1 Å². The maximum Gasteiger partial charge on any atom is 0.0519 e. The second kappa shape index (κ2) is 5.00. The van der Waals surface area contributed by atoms with Crippen LogP contribution < -0.4 is 0 Å². The smallest absolute Gasteiger partial charge is 0.0519 e. The van der Waals surface area contributed by atoms with Gasteiger partial charge in [0.25, 0.3) is 0 Å². The zero-order valence-corrected chi connectivity index (χ0v) is 11.0. The molecule has 1 aliphatic rings. The van der Waals surface area contributed by atoms with Crippen LogP contribution in [0, 0.1) is 5.41 Å². The summed E-state index contributed by atoms with van der Waals surface area (Å²) in [6.07, 6.45) is 0. The Balaban J connectivity index is 2.57. The van der Waals surface area contributed by atoms with E-state index in [9.17, 15) is 10.2 Å². The largest absolute Gasteiger partial charge is 0.396 e. The first-order valence-electron chi connectivity index (χ1n) is 5.98. The van der Waals surface area contributed by atoms with E-state index < -0.39 is 0 Å². The average molecular weight is 230 g/mol. The molecule has 1 rings (SSSR count). The molecule has 0 unspecified atom stereocenters. The molecule has 0 saturated carbocycles. The van der Waals surface area contributed by atoms with Gasteiger partial charge in [-0.1, -0.05) is 6.92 Å². The fraction of sp³-hybridized carbons (Fsp3) is 1.00. The Labute approximate surface area is 98.9 Å². The van der Waals surface area contributed by atoms with E-state index in [1.807, 2.05) is 6.92 Å². The minimum atomic E-state index is -0.383. The topological polar surface area (TPSA) is 46.9 Å². The SMILES string of the molecule is CN1CCN(CC(C)(CO)CO)CC1(C)C. The van der Waals surface area contributed by atoms with Crippen LogP contribution in [0.4, 0.5) is 0 Å². The molecular formula is C12H26N2O2. The summed E-state index contributed by atoms with van der Waals surface area (Å²) >= 11 is 0. The second-order valence-corrected chi connectivity index (χ2v) is 6.07. The van der Waals surface area contributed by atoms with Crippen molar-refractivity contribution in [2.45, 2.75) is 26.3 Å². The summed E-state index contributed by atoms with van der Waals surface area (Å²) in [6, 6.07) is 0. The molecule has 0 bridgehead atoms. The van der Waals surface area contributed by atoms with Crippen LogP contribution >= 0.6 is 0 Å². The first kappa shape index (κ1) is 13.9. The zero-order chi connectivity index (χ0) is 12.4. The van der Waals surface area contributed by atoms with Gasteiger partial charge >= 0.3 is 0 Å². The van der Waals surface area contributed by atoms with Crippen LogP contribution in [-0.2, 0) is 0 Å². The van der Waals surface area contributed by atoms with Gasteiger partial charge in [-0.05, 0) is 20.9 Å². The van der Waals surface area contributed by atoms with Gasteiger partial charge in [0.05, 0.1) is 13.2 Å². The average Bonchev–Trinajstić information content (AvgIpc) is 2.23. The molecule has 96 valence electrons. The third-order valence-corrected chi connectivity index (χ3v) is 3.76. The lowest BCUT2D eigenvalue weighted by Gasteiger charge is -2.47. The lowest BCUT2D eigenvalue weighted by atomic mass is 9.90. The normalized spacial score (nSPS) is 23.6. The van der Waals surface area contributed by atoms with Gasteiger partial charge < -0.3 is 10.2 Å². The summed E-state index contributed by atoms with van der Waals surface area (Å²) in [5.74, 6) is 0. The van der Waals surface area contributed by atoms with E-state index in [1.165, 1.54) is 0 Å². The molecule has 1 fully saturated rings. The minimum absolute atomic E-state index is 0.0380. The van der Waals surface area contributed by atoms with Crippen LogP contribution in [0.1, 0.15) is 20.8 Å². The number of hydrogen-bond acceptors (Lipinski definition) is 4. The van der Waals surface area contributed by atoms with Crippen molar-refractivity contribution in [1.29, 1.82) is 0 Å². The van der Waals surface area contributed by atoms with Gasteiger partial charge in [0.2, 0.25) is 0 Å². The Bertz CT molecular complexity index is 227. The van der Waals surface area contributed by atoms with E-state index >= 15 is 0 Å². The summed E-state index contributed by atoms with van der Waals surface area (Å²) in [7, 11) is 2.15. The number of hydrogen-bond donors (Lipinski definition) is 2. The van der Waals surface area contributed by atoms with Crippen molar-refractivity contribution in [3.8, 4) is 0 Å². The number of piperazine rings is 1. The Morgan fingerprint density at radius 1 is 1.19 bits per heavy atom. The molecule has 0 aromatic rings. The van der Waals surface area contributed by atoms with Crippen LogP contribution in [0.25, 0.3) is 0 Å². The van der Waals surface area contributed by atoms with E-state index in [-0.39, 0.29) is 24.2 Å². The number of nitrogens with zero attached hydrogens (tertiary/aromatic N) is 2. The van der Waals surface area contributed by atoms with Gasteiger partial charge in [-0.15, -0.1) is 0 Å². The molecule has 16 heavy (non-hydrogen) atoms. The molecular weight excluding hydrogens is 204 g/mol. The lowest BCUT2D eigenvalue weighted by Crippen LogP contribution is -2.59. The Kier molecular flexibility index (Phi) is 4.35. The van der Waals surface area contributed by atoms with Crippen molar-refractivity contribution in [3.63, 3.8) is 0 Å². The van der Waals surface area contributed by atoms with Crippen molar-refractivity contribution in [2.24, 2.45) is 5.41 Å². The number of aliphatic hydroxyl groups excluding tert-OH is 2. The minimum Gasteiger partial charge on any atom is -0.396 e. The zero-order valence-electron chi connectivity index (χ0n) is 11.0. The first-order chi connectivity index (χ1) is 7.33. The second-order valence-electron chi connectivity index (χ2n) is 6.07. The van der Waals surface area contributed by atoms with Crippen LogP contribution in [0.2, 0.25) is 0 Å². The highest BCUT2D eigenvalue weighted by Gasteiger charge is 2.34. The summed E-state index contributed by atoms with van der Waals surface area (Å²) in [6.45, 7) is 10.3. The number of rotatable bonds is 4. The molecule has 0 spiro atoms. The van der Waals surface area contributed by atoms with E-state index in [2.05, 4.69) is 30.7 Å². The van der Waals surface area contributed by atoms with Gasteiger partial charge in [-0.3, -0.25) is 9.80 Å². The Hall–Kier alpha value is -0.160. The predicted octanol–water partition coefficient (Wildman–Crippen LogP) is 0.00330. The maximum atomic E-state index is 9.30. The predicted molar refractivity (Wildman–Crippen MR) is 65.4 cm³/mol. The molecule has 0 aromatic heterocycles. The third kappa shape index (κ3) is 3.17. The van der Waals surface area contributed by atoms with Gasteiger partial charge in [-0.25, -0.2) is 0 Å². The Morgan fingerprint density at radius 2 is 1.75 bits per heavy atom. The highest BCUT2D eigenvalue weighted by molar-refractivity contribution is 4.90. The van der Waals surface area contributed by atoms with Crippen molar-refractivity contribution in [3.05, 3.63) is 0 Å². The van der Waals surface area contributed by atoms with E-state index in [1.54, 1.807) is 0 Å². The molecule has 2 N–H and O–H groups in total. The monoisotopic (exact) mass is 230 g/mol. The van der Waals surface area contributed by atoms with Crippen molar-refractivity contribution < 1.29 is 10.2 Å². The Morgan fingerprint density at radius 3 is 2.19 bits per heavy atom. The van der Waals surface area contributed by atoms with Crippen molar-refractivity contribution in [1.82, 2.24) is 9.80 Å². The van der Waals surface area contributed by atoms with Crippen molar-refractivity contribution >= 4 is 0 Å². The number of likely N-dealkylation sites (N-methyl/N-ethyl adjacent to an activating group) is 1. The van der Waals surface area contributed by atoms with Crippen LogP contribution in [0.15, 0.2) is 0 Å². The van der Waals surface area contributed by atoms with Crippen LogP contribution in [-0.4, -0.2) is 72.0 Å². The highest BCUT2D eigenvalue weighted by atomic mass is 16.3. The summed E-state index contributed by atoms with van der Waals surface area (Å²) in [4.78, 5) is 4.70. The molecule has 0 amide bonds. The lowest BCUT2D eigenvalue weighted by molar-refractivity contribution is -0.0128. The van der Waals surface area contributed by atoms with Gasteiger partial charge in [0.1, 0.15) is 0 Å². The van der Waals surface area contributed by atoms with E-state index in [4.69, 9.17) is 0 Å². The fourth-order valence-corrected chi connectivity index (χ4v) is 2.17. The van der Waals surface area contributed by atoms with Crippen LogP contribution in [0.3, 0.4) is 0 Å². The third-order valence-electron chi connectivity index (χ3n) is 3.76. The summed E-state index contributed by atoms with van der Waals surface area (Å²) in [5, 5.41) is 18.6. The van der Waals surface area contributed by atoms with Crippen molar-refractivity contribution in [2.75, 3.05) is 46.4 Å². The molecule has 0 atom stereocenters.